The summed E-state index contributed by atoms with van der Waals surface area (Å²) in [6.45, 7) is 4.31. The number of aliphatic hydroxyl groups is 1. The van der Waals surface area contributed by atoms with Gasteiger partial charge in [-0.3, -0.25) is 0 Å². The second-order valence-corrected chi connectivity index (χ2v) is 10.6. The molecule has 3 aromatic rings. The van der Waals surface area contributed by atoms with Crippen LogP contribution in [0.4, 0.5) is 0 Å². The smallest absolute Gasteiger partial charge is 0.349 e. The molecule has 2 aromatic carbocycles. The van der Waals surface area contributed by atoms with Crippen LogP contribution in [-0.4, -0.2) is 47.8 Å². The third kappa shape index (κ3) is 4.50. The van der Waals surface area contributed by atoms with Gasteiger partial charge in [-0.2, -0.15) is 0 Å². The van der Waals surface area contributed by atoms with E-state index in [4.69, 9.17) is 4.74 Å². The van der Waals surface area contributed by atoms with Crippen molar-refractivity contribution in [3.8, 4) is 0 Å². The Kier molecular flexibility index (Phi) is 6.37. The molecule has 1 aromatic heterocycles. The van der Waals surface area contributed by atoms with Crippen molar-refractivity contribution >= 4 is 17.3 Å². The number of ether oxygens (including phenoxy) is 1. The number of esters is 1. The van der Waals surface area contributed by atoms with Gasteiger partial charge in [0.05, 0.1) is 24.5 Å². The summed E-state index contributed by atoms with van der Waals surface area (Å²) < 4.78 is 7.19. The van der Waals surface area contributed by atoms with E-state index in [1.54, 1.807) is 12.1 Å². The molecule has 6 rings (SSSR count). The number of nitrogens with zero attached hydrogens (tertiary/aromatic N) is 1. The molecule has 5 heteroatoms. The number of aryl methyl sites for hydroxylation is 1. The zero-order valence-corrected chi connectivity index (χ0v) is 19.8. The molecule has 0 aliphatic carbocycles. The van der Waals surface area contributed by atoms with Gasteiger partial charge in [0.1, 0.15) is 6.54 Å². The lowest BCUT2D eigenvalue weighted by molar-refractivity contribution is -0.946. The fourth-order valence-electron chi connectivity index (χ4n) is 5.68. The molecular weight excluding hydrogens is 430 g/mol. The Labute approximate surface area is 200 Å². The Morgan fingerprint density at radius 1 is 1.00 bits per heavy atom. The van der Waals surface area contributed by atoms with Crippen molar-refractivity contribution in [1.82, 2.24) is 0 Å². The topological polar surface area (TPSA) is 46.5 Å². The summed E-state index contributed by atoms with van der Waals surface area (Å²) in [4.78, 5) is 14.1. The van der Waals surface area contributed by atoms with Crippen molar-refractivity contribution in [3.05, 3.63) is 94.2 Å². The van der Waals surface area contributed by atoms with E-state index in [-0.39, 0.29) is 6.10 Å². The predicted octanol–water partition coefficient (Wildman–Crippen LogP) is 4.77. The van der Waals surface area contributed by atoms with Crippen molar-refractivity contribution in [1.29, 1.82) is 0 Å². The van der Waals surface area contributed by atoms with Crippen molar-refractivity contribution in [2.75, 3.05) is 26.2 Å². The van der Waals surface area contributed by atoms with Gasteiger partial charge in [0.25, 0.3) is 0 Å². The van der Waals surface area contributed by atoms with Gasteiger partial charge in [-0.1, -0.05) is 66.7 Å². The number of fused-ring (bicyclic) bond motifs is 3. The number of benzene rings is 2. The number of carbonyl (C=O) groups excluding carboxylic acids is 1. The standard InChI is InChI=1S/C28H32NO3S/c30-27(28(31,26-14-8-20-33-26)24-12-5-2-6-13-24)32-25-21-29(18-15-23(25)16-19-29)17-7-11-22-9-3-1-4-10-22/h1-6,8-10,12-14,20,23,25,31H,7,11,15-19,21H2/q+1/t23?,25-,28-,29?/m0/s1. The van der Waals surface area contributed by atoms with Crippen LogP contribution in [0.5, 0.6) is 0 Å². The number of hydrogen-bond donors (Lipinski definition) is 1. The zero-order chi connectivity index (χ0) is 22.7. The first kappa shape index (κ1) is 22.3. The maximum atomic E-state index is 13.5. The molecular formula is C28H32NO3S+. The van der Waals surface area contributed by atoms with Gasteiger partial charge in [-0.15, -0.1) is 11.3 Å². The Balaban J connectivity index is 1.29. The molecule has 0 amide bonds. The van der Waals surface area contributed by atoms with Crippen LogP contribution in [-0.2, 0) is 21.6 Å². The summed E-state index contributed by atoms with van der Waals surface area (Å²) in [5.41, 5.74) is 0.180. The molecule has 0 radical (unpaired) electrons. The highest BCUT2D eigenvalue weighted by Crippen LogP contribution is 2.39. The van der Waals surface area contributed by atoms with Gasteiger partial charge in [0.15, 0.2) is 6.10 Å². The summed E-state index contributed by atoms with van der Waals surface area (Å²) in [5, 5.41) is 13.6. The molecule has 3 aliphatic heterocycles. The Bertz CT molecular complexity index is 1050. The van der Waals surface area contributed by atoms with E-state index in [9.17, 15) is 9.90 Å². The van der Waals surface area contributed by atoms with E-state index in [0.29, 0.717) is 16.4 Å². The summed E-state index contributed by atoms with van der Waals surface area (Å²) in [6, 6.07) is 23.5. The van der Waals surface area contributed by atoms with Crippen LogP contribution in [0.15, 0.2) is 78.2 Å². The van der Waals surface area contributed by atoms with Gasteiger partial charge in [-0.05, 0) is 23.4 Å². The average Bonchev–Trinajstić information content (AvgIpc) is 3.41. The van der Waals surface area contributed by atoms with Crippen LogP contribution >= 0.6 is 11.3 Å². The number of piperidine rings is 3. The van der Waals surface area contributed by atoms with E-state index >= 15 is 0 Å². The van der Waals surface area contributed by atoms with E-state index in [1.165, 1.54) is 30.0 Å². The molecule has 3 saturated heterocycles. The highest BCUT2D eigenvalue weighted by Gasteiger charge is 2.50. The Hall–Kier alpha value is -2.47. The Morgan fingerprint density at radius 2 is 1.70 bits per heavy atom. The normalized spacial score (nSPS) is 26.0. The molecule has 4 nitrogen and oxygen atoms in total. The molecule has 3 fully saturated rings. The molecule has 172 valence electrons. The molecule has 0 saturated carbocycles. The molecule has 0 spiro atoms. The molecule has 3 aliphatic rings. The largest absolute Gasteiger partial charge is 0.453 e. The fraction of sp³-hybridized carbons (Fsp3) is 0.393. The van der Waals surface area contributed by atoms with Crippen LogP contribution in [0, 0.1) is 5.92 Å². The highest BCUT2D eigenvalue weighted by molar-refractivity contribution is 7.10. The van der Waals surface area contributed by atoms with Gasteiger partial charge in [0.2, 0.25) is 5.60 Å². The quantitative estimate of drug-likeness (QED) is 0.388. The first-order chi connectivity index (χ1) is 16.1. The van der Waals surface area contributed by atoms with E-state index in [2.05, 4.69) is 30.3 Å². The van der Waals surface area contributed by atoms with Crippen molar-refractivity contribution in [2.45, 2.75) is 37.4 Å². The van der Waals surface area contributed by atoms with Crippen molar-refractivity contribution in [3.63, 3.8) is 0 Å². The molecule has 1 N–H and O–H groups in total. The minimum absolute atomic E-state index is 0.132. The minimum Gasteiger partial charge on any atom is -0.453 e. The second-order valence-electron chi connectivity index (χ2n) is 9.62. The number of carbonyl (C=O) groups is 1. The number of rotatable bonds is 8. The molecule has 33 heavy (non-hydrogen) atoms. The lowest BCUT2D eigenvalue weighted by Crippen LogP contribution is -2.65. The van der Waals surface area contributed by atoms with Crippen LogP contribution in [0.25, 0.3) is 0 Å². The van der Waals surface area contributed by atoms with E-state index in [0.717, 1.165) is 43.3 Å². The second kappa shape index (κ2) is 9.41. The van der Waals surface area contributed by atoms with E-state index in [1.807, 2.05) is 35.7 Å². The summed E-state index contributed by atoms with van der Waals surface area (Å²) >= 11 is 1.38. The third-order valence-electron chi connectivity index (χ3n) is 7.61. The van der Waals surface area contributed by atoms with Crippen molar-refractivity contribution in [2.24, 2.45) is 5.92 Å². The number of thiophene rings is 1. The lowest BCUT2D eigenvalue weighted by Gasteiger charge is -2.52. The van der Waals surface area contributed by atoms with Crippen LogP contribution in [0.3, 0.4) is 0 Å². The maximum Gasteiger partial charge on any atom is 0.349 e. The summed E-state index contributed by atoms with van der Waals surface area (Å²) in [7, 11) is 0. The summed E-state index contributed by atoms with van der Waals surface area (Å²) in [6.07, 6.45) is 4.27. The lowest BCUT2D eigenvalue weighted by atomic mass is 9.82. The monoisotopic (exact) mass is 462 g/mol. The maximum absolute atomic E-state index is 13.5. The molecule has 2 atom stereocenters. The van der Waals surface area contributed by atoms with Gasteiger partial charge in [-0.25, -0.2) is 4.79 Å². The SMILES string of the molecule is O=C(O[C@H]1C[N+]2(CCCc3ccccc3)CCC1CC2)[C@](O)(c1ccccc1)c1cccs1. The van der Waals surface area contributed by atoms with Gasteiger partial charge in [0, 0.05) is 30.7 Å². The van der Waals surface area contributed by atoms with Gasteiger partial charge < -0.3 is 14.3 Å². The zero-order valence-electron chi connectivity index (χ0n) is 18.9. The number of quaternary nitrogens is 1. The van der Waals surface area contributed by atoms with Crippen LogP contribution in [0.1, 0.15) is 35.3 Å². The highest BCUT2D eigenvalue weighted by atomic mass is 32.1. The summed E-state index contributed by atoms with van der Waals surface area (Å²) in [5.74, 6) is -0.149. The first-order valence-electron chi connectivity index (χ1n) is 12.0. The van der Waals surface area contributed by atoms with Crippen LogP contribution < -0.4 is 0 Å². The fourth-order valence-corrected chi connectivity index (χ4v) is 6.51. The van der Waals surface area contributed by atoms with Crippen molar-refractivity contribution < 1.29 is 19.1 Å². The molecule has 0 unspecified atom stereocenters. The Morgan fingerprint density at radius 3 is 2.36 bits per heavy atom. The first-order valence-corrected chi connectivity index (χ1v) is 12.9. The van der Waals surface area contributed by atoms with E-state index < -0.39 is 11.6 Å². The molecule has 2 bridgehead atoms. The predicted molar refractivity (Wildman–Crippen MR) is 131 cm³/mol. The van der Waals surface area contributed by atoms with Crippen LogP contribution in [0.2, 0.25) is 0 Å². The average molecular weight is 463 g/mol. The molecule has 4 heterocycles. The third-order valence-corrected chi connectivity index (χ3v) is 8.58. The van der Waals surface area contributed by atoms with Gasteiger partial charge >= 0.3 is 5.97 Å². The minimum atomic E-state index is -1.76. The number of hydrogen-bond acceptors (Lipinski definition) is 4.